The van der Waals surface area contributed by atoms with Crippen molar-refractivity contribution in [1.82, 2.24) is 0 Å². The standard InChI is InChI=1S/C17H27NO/c1-4-14-7-5-6-8-17(14)19-16-10-9-15(13(3)18)11-12(16)2/h9-11,13-14,17H,4-8,18H2,1-3H3/t13-,14?,17?/m0/s1. The van der Waals surface area contributed by atoms with Gasteiger partial charge in [-0.15, -0.1) is 0 Å². The van der Waals surface area contributed by atoms with Gasteiger partial charge in [0.1, 0.15) is 11.9 Å². The summed E-state index contributed by atoms with van der Waals surface area (Å²) in [6.07, 6.45) is 6.81. The average Bonchev–Trinajstić information content (AvgIpc) is 2.41. The lowest BCUT2D eigenvalue weighted by atomic mass is 9.84. The Morgan fingerprint density at radius 1 is 1.32 bits per heavy atom. The van der Waals surface area contributed by atoms with Crippen molar-refractivity contribution in [3.05, 3.63) is 29.3 Å². The molecule has 106 valence electrons. The van der Waals surface area contributed by atoms with Gasteiger partial charge in [0.15, 0.2) is 0 Å². The van der Waals surface area contributed by atoms with Crippen molar-refractivity contribution in [2.24, 2.45) is 11.7 Å². The molecule has 3 atom stereocenters. The first-order chi connectivity index (χ1) is 9.11. The minimum atomic E-state index is 0.0887. The summed E-state index contributed by atoms with van der Waals surface area (Å²) < 4.78 is 6.28. The summed E-state index contributed by atoms with van der Waals surface area (Å²) >= 11 is 0. The fraction of sp³-hybridized carbons (Fsp3) is 0.647. The largest absolute Gasteiger partial charge is 0.490 e. The lowest BCUT2D eigenvalue weighted by Gasteiger charge is -2.31. The molecule has 19 heavy (non-hydrogen) atoms. The minimum Gasteiger partial charge on any atom is -0.490 e. The third kappa shape index (κ3) is 3.50. The van der Waals surface area contributed by atoms with Crippen LogP contribution in [0.25, 0.3) is 0 Å². The summed E-state index contributed by atoms with van der Waals surface area (Å²) in [4.78, 5) is 0. The van der Waals surface area contributed by atoms with Crippen LogP contribution in [0.1, 0.15) is 63.1 Å². The average molecular weight is 261 g/mol. The molecule has 1 aliphatic carbocycles. The molecule has 0 bridgehead atoms. The molecule has 0 amide bonds. The molecular formula is C17H27NO. The van der Waals surface area contributed by atoms with Crippen LogP contribution in [-0.4, -0.2) is 6.10 Å². The van der Waals surface area contributed by atoms with Gasteiger partial charge in [0.05, 0.1) is 0 Å². The van der Waals surface area contributed by atoms with Crippen LogP contribution in [0.4, 0.5) is 0 Å². The number of benzene rings is 1. The summed E-state index contributed by atoms with van der Waals surface area (Å²) in [6, 6.07) is 6.43. The highest BCUT2D eigenvalue weighted by atomic mass is 16.5. The lowest BCUT2D eigenvalue weighted by Crippen LogP contribution is -2.30. The molecular weight excluding hydrogens is 234 g/mol. The van der Waals surface area contributed by atoms with Crippen LogP contribution in [0.2, 0.25) is 0 Å². The highest BCUT2D eigenvalue weighted by molar-refractivity contribution is 5.37. The van der Waals surface area contributed by atoms with E-state index in [2.05, 4.69) is 32.0 Å². The van der Waals surface area contributed by atoms with Gasteiger partial charge in [0.2, 0.25) is 0 Å². The molecule has 1 aromatic carbocycles. The molecule has 2 N–H and O–H groups in total. The lowest BCUT2D eigenvalue weighted by molar-refractivity contribution is 0.0897. The zero-order valence-electron chi connectivity index (χ0n) is 12.5. The number of nitrogens with two attached hydrogens (primary N) is 1. The molecule has 1 aromatic rings. The van der Waals surface area contributed by atoms with E-state index in [0.29, 0.717) is 6.10 Å². The second-order valence-electron chi connectivity index (χ2n) is 5.92. The van der Waals surface area contributed by atoms with Gasteiger partial charge in [-0.25, -0.2) is 0 Å². The summed E-state index contributed by atoms with van der Waals surface area (Å²) in [5.41, 5.74) is 8.30. The van der Waals surface area contributed by atoms with Crippen LogP contribution >= 0.6 is 0 Å². The first-order valence-electron chi connectivity index (χ1n) is 7.64. The van der Waals surface area contributed by atoms with E-state index in [1.54, 1.807) is 0 Å². The van der Waals surface area contributed by atoms with Crippen molar-refractivity contribution in [1.29, 1.82) is 0 Å². The number of hydrogen-bond donors (Lipinski definition) is 1. The van der Waals surface area contributed by atoms with E-state index in [9.17, 15) is 0 Å². The Bertz CT molecular complexity index is 414. The van der Waals surface area contributed by atoms with Gasteiger partial charge < -0.3 is 10.5 Å². The topological polar surface area (TPSA) is 35.2 Å². The van der Waals surface area contributed by atoms with Crippen LogP contribution in [0.5, 0.6) is 5.75 Å². The third-order valence-corrected chi connectivity index (χ3v) is 4.37. The molecule has 1 fully saturated rings. The smallest absolute Gasteiger partial charge is 0.122 e. The minimum absolute atomic E-state index is 0.0887. The third-order valence-electron chi connectivity index (χ3n) is 4.37. The number of rotatable bonds is 4. The zero-order valence-corrected chi connectivity index (χ0v) is 12.5. The molecule has 0 saturated heterocycles. The quantitative estimate of drug-likeness (QED) is 0.874. The van der Waals surface area contributed by atoms with Gasteiger partial charge in [0.25, 0.3) is 0 Å². The molecule has 2 nitrogen and oxygen atoms in total. The molecule has 2 heteroatoms. The number of ether oxygens (including phenoxy) is 1. The highest BCUT2D eigenvalue weighted by Gasteiger charge is 2.25. The van der Waals surface area contributed by atoms with Gasteiger partial charge in [-0.1, -0.05) is 25.5 Å². The van der Waals surface area contributed by atoms with Gasteiger partial charge in [-0.3, -0.25) is 0 Å². The van der Waals surface area contributed by atoms with Crippen molar-refractivity contribution < 1.29 is 4.74 Å². The molecule has 1 saturated carbocycles. The van der Waals surface area contributed by atoms with E-state index in [1.165, 1.54) is 43.2 Å². The summed E-state index contributed by atoms with van der Waals surface area (Å²) in [7, 11) is 0. The highest BCUT2D eigenvalue weighted by Crippen LogP contribution is 2.32. The van der Waals surface area contributed by atoms with Crippen LogP contribution in [-0.2, 0) is 0 Å². The molecule has 0 spiro atoms. The predicted octanol–water partition coefficient (Wildman–Crippen LogP) is 4.36. The second kappa shape index (κ2) is 6.42. The van der Waals surface area contributed by atoms with E-state index in [4.69, 9.17) is 10.5 Å². The van der Waals surface area contributed by atoms with Crippen molar-refractivity contribution in [2.75, 3.05) is 0 Å². The van der Waals surface area contributed by atoms with Crippen LogP contribution in [0.15, 0.2) is 18.2 Å². The maximum Gasteiger partial charge on any atom is 0.122 e. The maximum atomic E-state index is 6.28. The van der Waals surface area contributed by atoms with Crippen molar-refractivity contribution in [3.8, 4) is 5.75 Å². The predicted molar refractivity (Wildman–Crippen MR) is 80.4 cm³/mol. The van der Waals surface area contributed by atoms with Gasteiger partial charge in [-0.05, 0) is 62.6 Å². The second-order valence-corrected chi connectivity index (χ2v) is 5.92. The first-order valence-corrected chi connectivity index (χ1v) is 7.64. The Morgan fingerprint density at radius 3 is 2.68 bits per heavy atom. The monoisotopic (exact) mass is 261 g/mol. The van der Waals surface area contributed by atoms with Gasteiger partial charge in [0, 0.05) is 6.04 Å². The van der Waals surface area contributed by atoms with Crippen molar-refractivity contribution in [2.45, 2.75) is 65.0 Å². The normalized spacial score (nSPS) is 25.1. The van der Waals surface area contributed by atoms with E-state index in [0.717, 1.165) is 11.7 Å². The van der Waals surface area contributed by atoms with E-state index < -0.39 is 0 Å². The fourth-order valence-corrected chi connectivity index (χ4v) is 3.05. The van der Waals surface area contributed by atoms with Crippen LogP contribution < -0.4 is 10.5 Å². The Morgan fingerprint density at radius 2 is 2.05 bits per heavy atom. The number of hydrogen-bond acceptors (Lipinski definition) is 2. The summed E-state index contributed by atoms with van der Waals surface area (Å²) in [5, 5.41) is 0. The Labute approximate surface area is 117 Å². The maximum absolute atomic E-state index is 6.28. The SMILES string of the molecule is CCC1CCCCC1Oc1ccc([C@H](C)N)cc1C. The molecule has 2 unspecified atom stereocenters. The van der Waals surface area contributed by atoms with Crippen molar-refractivity contribution >= 4 is 0 Å². The number of aryl methyl sites for hydroxylation is 1. The van der Waals surface area contributed by atoms with Gasteiger partial charge >= 0.3 is 0 Å². The molecule has 0 aromatic heterocycles. The Hall–Kier alpha value is -1.02. The fourth-order valence-electron chi connectivity index (χ4n) is 3.05. The molecule has 1 aliphatic rings. The summed E-state index contributed by atoms with van der Waals surface area (Å²) in [5.74, 6) is 1.76. The zero-order chi connectivity index (χ0) is 13.8. The van der Waals surface area contributed by atoms with E-state index in [-0.39, 0.29) is 6.04 Å². The van der Waals surface area contributed by atoms with E-state index >= 15 is 0 Å². The van der Waals surface area contributed by atoms with Crippen LogP contribution in [0, 0.1) is 12.8 Å². The Kier molecular flexibility index (Phi) is 4.87. The first kappa shape index (κ1) is 14.4. The molecule has 2 rings (SSSR count). The van der Waals surface area contributed by atoms with Crippen LogP contribution in [0.3, 0.4) is 0 Å². The molecule has 0 heterocycles. The summed E-state index contributed by atoms with van der Waals surface area (Å²) in [6.45, 7) is 6.41. The Balaban J connectivity index is 2.09. The van der Waals surface area contributed by atoms with Crippen molar-refractivity contribution in [3.63, 3.8) is 0 Å². The molecule has 0 radical (unpaired) electrons. The molecule has 0 aliphatic heterocycles. The van der Waals surface area contributed by atoms with Gasteiger partial charge in [-0.2, -0.15) is 0 Å². The van der Waals surface area contributed by atoms with E-state index in [1.807, 2.05) is 6.92 Å².